The van der Waals surface area contributed by atoms with Gasteiger partial charge < -0.3 is 10.3 Å². The molecule has 2 N–H and O–H groups in total. The molecule has 1 aromatic rings. The van der Waals surface area contributed by atoms with E-state index in [2.05, 4.69) is 31.4 Å². The first-order chi connectivity index (χ1) is 9.44. The Kier molecular flexibility index (Phi) is 2.67. The number of hydrogen-bond donors (Lipinski definition) is 1. The molecule has 0 saturated heterocycles. The normalized spacial score (nSPS) is 38.2. The molecule has 2 nitrogen and oxygen atoms in total. The summed E-state index contributed by atoms with van der Waals surface area (Å²) in [7, 11) is 0. The van der Waals surface area contributed by atoms with Gasteiger partial charge in [0.15, 0.2) is 0 Å². The summed E-state index contributed by atoms with van der Waals surface area (Å²) < 4.78 is 2.71. The highest BCUT2D eigenvalue weighted by Gasteiger charge is 2.43. The molecular weight excluding hydrogens is 244 g/mol. The van der Waals surface area contributed by atoms with E-state index >= 15 is 0 Å². The highest BCUT2D eigenvalue weighted by molar-refractivity contribution is 5.35. The fourth-order valence-electron chi connectivity index (χ4n) is 5.46. The van der Waals surface area contributed by atoms with E-state index in [1.165, 1.54) is 43.4 Å². The molecule has 0 aliphatic heterocycles. The van der Waals surface area contributed by atoms with Crippen molar-refractivity contribution in [1.29, 1.82) is 0 Å². The van der Waals surface area contributed by atoms with E-state index in [1.807, 2.05) is 0 Å². The molecule has 0 aromatic carbocycles. The summed E-state index contributed by atoms with van der Waals surface area (Å²) in [6, 6.07) is 3.41. The predicted molar refractivity (Wildman–Crippen MR) is 82.7 cm³/mol. The monoisotopic (exact) mass is 272 g/mol. The first-order valence-corrected chi connectivity index (χ1v) is 8.41. The van der Waals surface area contributed by atoms with Crippen molar-refractivity contribution < 1.29 is 0 Å². The molecular formula is C18H28N2. The van der Waals surface area contributed by atoms with Gasteiger partial charge in [-0.1, -0.05) is 20.3 Å². The van der Waals surface area contributed by atoms with Crippen LogP contribution in [0, 0.1) is 24.2 Å². The van der Waals surface area contributed by atoms with Crippen LogP contribution in [0.4, 0.5) is 0 Å². The fraction of sp³-hybridized carbons (Fsp3) is 0.778. The van der Waals surface area contributed by atoms with Crippen molar-refractivity contribution in [3.05, 3.63) is 23.0 Å². The maximum Gasteiger partial charge on any atom is 0.0366 e. The van der Waals surface area contributed by atoms with Crippen LogP contribution in [0.5, 0.6) is 0 Å². The zero-order valence-electron chi connectivity index (χ0n) is 13.2. The smallest absolute Gasteiger partial charge is 0.0366 e. The minimum atomic E-state index is 0.243. The lowest BCUT2D eigenvalue weighted by atomic mass is 9.74. The predicted octanol–water partition coefficient (Wildman–Crippen LogP) is 4.13. The Labute approximate surface area is 122 Å². The summed E-state index contributed by atoms with van der Waals surface area (Å²) in [5.41, 5.74) is 11.3. The number of aromatic nitrogens is 1. The summed E-state index contributed by atoms with van der Waals surface area (Å²) in [5.74, 6) is 1.95. The maximum absolute atomic E-state index is 6.47. The minimum absolute atomic E-state index is 0.243. The van der Waals surface area contributed by atoms with Crippen LogP contribution in [-0.2, 0) is 6.42 Å². The van der Waals surface area contributed by atoms with Crippen molar-refractivity contribution in [3.8, 4) is 0 Å². The van der Waals surface area contributed by atoms with E-state index in [1.54, 1.807) is 5.69 Å². The van der Waals surface area contributed by atoms with Crippen LogP contribution in [0.15, 0.2) is 6.07 Å². The Morgan fingerprint density at radius 3 is 2.70 bits per heavy atom. The van der Waals surface area contributed by atoms with Crippen molar-refractivity contribution in [1.82, 2.24) is 4.57 Å². The summed E-state index contributed by atoms with van der Waals surface area (Å²) >= 11 is 0. The lowest BCUT2D eigenvalue weighted by molar-refractivity contribution is 0.257. The Hall–Kier alpha value is -0.760. The van der Waals surface area contributed by atoms with E-state index in [0.717, 1.165) is 24.3 Å². The molecule has 3 aliphatic carbocycles. The van der Waals surface area contributed by atoms with Crippen LogP contribution >= 0.6 is 0 Å². The molecule has 2 fully saturated rings. The lowest BCUT2D eigenvalue weighted by Crippen LogP contribution is -2.31. The van der Waals surface area contributed by atoms with Crippen LogP contribution in [0.3, 0.4) is 0 Å². The zero-order chi connectivity index (χ0) is 14.1. The molecule has 2 saturated carbocycles. The third kappa shape index (κ3) is 1.80. The average Bonchev–Trinajstić information content (AvgIpc) is 3.01. The van der Waals surface area contributed by atoms with Crippen molar-refractivity contribution in [2.45, 2.75) is 71.4 Å². The average molecular weight is 272 g/mol. The van der Waals surface area contributed by atoms with Crippen molar-refractivity contribution >= 4 is 0 Å². The summed E-state index contributed by atoms with van der Waals surface area (Å²) in [5, 5.41) is 0. The highest BCUT2D eigenvalue weighted by atomic mass is 15.1. The Morgan fingerprint density at radius 1 is 1.25 bits per heavy atom. The third-order valence-corrected chi connectivity index (χ3v) is 6.22. The van der Waals surface area contributed by atoms with Crippen LogP contribution < -0.4 is 5.73 Å². The maximum atomic E-state index is 6.47. The topological polar surface area (TPSA) is 30.9 Å². The van der Waals surface area contributed by atoms with Crippen LogP contribution in [0.25, 0.3) is 0 Å². The highest BCUT2D eigenvalue weighted by Crippen LogP contribution is 2.53. The largest absolute Gasteiger partial charge is 0.345 e. The van der Waals surface area contributed by atoms with E-state index in [0.29, 0.717) is 5.41 Å². The Balaban J connectivity index is 1.78. The summed E-state index contributed by atoms with van der Waals surface area (Å²) in [6.07, 6.45) is 8.17. The molecule has 110 valence electrons. The second-order valence-corrected chi connectivity index (χ2v) is 8.45. The molecule has 4 unspecified atom stereocenters. The molecule has 0 amide bonds. The minimum Gasteiger partial charge on any atom is -0.345 e. The lowest BCUT2D eigenvalue weighted by Gasteiger charge is -2.36. The number of nitrogens with zero attached hydrogens (tertiary/aromatic N) is 1. The van der Waals surface area contributed by atoms with Gasteiger partial charge in [-0.2, -0.15) is 0 Å². The van der Waals surface area contributed by atoms with Crippen LogP contribution in [-0.4, -0.2) is 4.57 Å². The van der Waals surface area contributed by atoms with Gasteiger partial charge in [-0.15, -0.1) is 0 Å². The number of hydrogen-bond acceptors (Lipinski definition) is 1. The molecule has 0 radical (unpaired) electrons. The zero-order valence-corrected chi connectivity index (χ0v) is 13.2. The van der Waals surface area contributed by atoms with Crippen molar-refractivity contribution in [2.75, 3.05) is 0 Å². The fourth-order valence-corrected chi connectivity index (χ4v) is 5.46. The van der Waals surface area contributed by atoms with Gasteiger partial charge in [0.1, 0.15) is 0 Å². The Bertz CT molecular complexity index is 540. The SMILES string of the molecule is Cc1cc2c(n1C1CC3CCC1C3)CC(C)(C)CC2N. The third-order valence-electron chi connectivity index (χ3n) is 6.22. The first kappa shape index (κ1) is 12.9. The number of nitrogens with two attached hydrogens (primary N) is 1. The van der Waals surface area contributed by atoms with Crippen LogP contribution in [0.2, 0.25) is 0 Å². The summed E-state index contributed by atoms with van der Waals surface area (Å²) in [4.78, 5) is 0. The molecule has 0 spiro atoms. The van der Waals surface area contributed by atoms with Gasteiger partial charge in [0.05, 0.1) is 0 Å². The second kappa shape index (κ2) is 4.13. The second-order valence-electron chi connectivity index (χ2n) is 8.45. The standard InChI is InChI=1S/C18H28N2/c1-11-6-14-15(19)9-18(2,3)10-17(14)20(11)16-8-12-4-5-13(16)7-12/h6,12-13,15-16H,4-5,7-10,19H2,1-3H3. The van der Waals surface area contributed by atoms with Gasteiger partial charge in [0.2, 0.25) is 0 Å². The van der Waals surface area contributed by atoms with Gasteiger partial charge in [-0.05, 0) is 67.9 Å². The van der Waals surface area contributed by atoms with Gasteiger partial charge in [0, 0.05) is 23.5 Å². The van der Waals surface area contributed by atoms with Crippen molar-refractivity contribution in [2.24, 2.45) is 23.0 Å². The van der Waals surface area contributed by atoms with Gasteiger partial charge in [0.25, 0.3) is 0 Å². The molecule has 2 heteroatoms. The number of fused-ring (bicyclic) bond motifs is 3. The molecule has 4 rings (SSSR count). The number of aryl methyl sites for hydroxylation is 1. The van der Waals surface area contributed by atoms with Crippen molar-refractivity contribution in [3.63, 3.8) is 0 Å². The quantitative estimate of drug-likeness (QED) is 0.818. The van der Waals surface area contributed by atoms with Gasteiger partial charge in [-0.25, -0.2) is 0 Å². The first-order valence-electron chi connectivity index (χ1n) is 8.41. The molecule has 2 bridgehead atoms. The molecule has 3 aliphatic rings. The van der Waals surface area contributed by atoms with E-state index in [4.69, 9.17) is 5.73 Å². The Morgan fingerprint density at radius 2 is 2.05 bits per heavy atom. The molecule has 1 aromatic heterocycles. The van der Waals surface area contributed by atoms with Gasteiger partial charge in [-0.3, -0.25) is 0 Å². The van der Waals surface area contributed by atoms with Gasteiger partial charge >= 0.3 is 0 Å². The molecule has 20 heavy (non-hydrogen) atoms. The molecule has 4 atom stereocenters. The van der Waals surface area contributed by atoms with Crippen LogP contribution in [0.1, 0.15) is 75.0 Å². The molecule has 1 heterocycles. The number of rotatable bonds is 1. The van der Waals surface area contributed by atoms with E-state index in [-0.39, 0.29) is 6.04 Å². The summed E-state index contributed by atoms with van der Waals surface area (Å²) in [6.45, 7) is 7.05. The van der Waals surface area contributed by atoms with E-state index in [9.17, 15) is 0 Å². The van der Waals surface area contributed by atoms with E-state index < -0.39 is 0 Å².